The second-order valence-corrected chi connectivity index (χ2v) is 6.41. The number of nitrogens with zero attached hydrogens (tertiary/aromatic N) is 2. The van der Waals surface area contributed by atoms with Crippen molar-refractivity contribution in [1.29, 1.82) is 0 Å². The highest BCUT2D eigenvalue weighted by Gasteiger charge is 2.18. The van der Waals surface area contributed by atoms with E-state index in [0.29, 0.717) is 18.0 Å². The minimum atomic E-state index is -0.502. The molecule has 0 fully saturated rings. The Morgan fingerprint density at radius 1 is 1.31 bits per heavy atom. The van der Waals surface area contributed by atoms with Crippen molar-refractivity contribution < 1.29 is 9.53 Å². The molecule has 1 atom stereocenters. The molecular formula is C18H18N4O3S. The summed E-state index contributed by atoms with van der Waals surface area (Å²) in [6.07, 6.45) is 3.63. The van der Waals surface area contributed by atoms with Gasteiger partial charge in [-0.3, -0.25) is 9.59 Å². The highest BCUT2D eigenvalue weighted by molar-refractivity contribution is 7.09. The fourth-order valence-corrected chi connectivity index (χ4v) is 3.09. The molecule has 0 radical (unpaired) electrons. The zero-order valence-electron chi connectivity index (χ0n) is 14.1. The molecule has 0 spiro atoms. The van der Waals surface area contributed by atoms with Crippen LogP contribution in [-0.2, 0) is 6.61 Å². The molecule has 2 N–H and O–H groups in total. The lowest BCUT2D eigenvalue weighted by molar-refractivity contribution is 0.0933. The van der Waals surface area contributed by atoms with Crippen molar-refractivity contribution in [2.45, 2.75) is 26.0 Å². The average Bonchev–Trinajstić information content (AvgIpc) is 3.19. The summed E-state index contributed by atoms with van der Waals surface area (Å²) in [4.78, 5) is 35.5. The van der Waals surface area contributed by atoms with E-state index in [0.717, 1.165) is 5.01 Å². The Morgan fingerprint density at radius 3 is 2.77 bits per heavy atom. The third-order valence-corrected chi connectivity index (χ3v) is 4.57. The number of nitrogens with one attached hydrogen (secondary N) is 2. The van der Waals surface area contributed by atoms with E-state index in [9.17, 15) is 9.59 Å². The summed E-state index contributed by atoms with van der Waals surface area (Å²) >= 11 is 1.46. The summed E-state index contributed by atoms with van der Waals surface area (Å²) in [6, 6.07) is 8.97. The van der Waals surface area contributed by atoms with Gasteiger partial charge < -0.3 is 15.0 Å². The molecule has 3 aromatic rings. The van der Waals surface area contributed by atoms with Gasteiger partial charge in [-0.25, -0.2) is 9.97 Å². The zero-order valence-corrected chi connectivity index (χ0v) is 15.0. The van der Waals surface area contributed by atoms with Crippen LogP contribution in [0, 0.1) is 0 Å². The molecule has 1 amide bonds. The van der Waals surface area contributed by atoms with Crippen molar-refractivity contribution in [1.82, 2.24) is 20.3 Å². The molecule has 26 heavy (non-hydrogen) atoms. The van der Waals surface area contributed by atoms with Gasteiger partial charge >= 0.3 is 0 Å². The first kappa shape index (κ1) is 17.8. The highest BCUT2D eigenvalue weighted by Crippen LogP contribution is 2.19. The highest BCUT2D eigenvalue weighted by atomic mass is 32.1. The lowest BCUT2D eigenvalue weighted by Crippen LogP contribution is -2.33. The SMILES string of the molecule is CC[C@H](NC(=O)c1cnc(COc2ccccc2)[nH]c1=O)c1nccs1. The number of amides is 1. The molecule has 8 heteroatoms. The number of aromatic nitrogens is 3. The second-order valence-electron chi connectivity index (χ2n) is 5.48. The zero-order chi connectivity index (χ0) is 18.4. The van der Waals surface area contributed by atoms with Crippen LogP contribution in [-0.4, -0.2) is 20.9 Å². The Morgan fingerprint density at radius 2 is 2.12 bits per heavy atom. The molecule has 0 aliphatic heterocycles. The minimum Gasteiger partial charge on any atom is -0.486 e. The summed E-state index contributed by atoms with van der Waals surface area (Å²) in [5.41, 5.74) is -0.540. The number of benzene rings is 1. The number of aromatic amines is 1. The summed E-state index contributed by atoms with van der Waals surface area (Å²) < 4.78 is 5.54. The van der Waals surface area contributed by atoms with E-state index < -0.39 is 11.5 Å². The largest absolute Gasteiger partial charge is 0.486 e. The first-order chi connectivity index (χ1) is 12.7. The summed E-state index contributed by atoms with van der Waals surface area (Å²) in [7, 11) is 0. The quantitative estimate of drug-likeness (QED) is 0.666. The van der Waals surface area contributed by atoms with Gasteiger partial charge in [-0.15, -0.1) is 11.3 Å². The number of hydrogen-bond acceptors (Lipinski definition) is 6. The van der Waals surface area contributed by atoms with Gasteiger partial charge in [0.15, 0.2) is 0 Å². The van der Waals surface area contributed by atoms with Gasteiger partial charge in [-0.1, -0.05) is 25.1 Å². The maximum absolute atomic E-state index is 12.4. The average molecular weight is 370 g/mol. The molecule has 7 nitrogen and oxygen atoms in total. The lowest BCUT2D eigenvalue weighted by atomic mass is 10.2. The van der Waals surface area contributed by atoms with Gasteiger partial charge in [0.05, 0.1) is 6.04 Å². The first-order valence-electron chi connectivity index (χ1n) is 8.13. The Bertz CT molecular complexity index is 910. The fourth-order valence-electron chi connectivity index (χ4n) is 2.32. The van der Waals surface area contributed by atoms with Crippen LogP contribution in [0.25, 0.3) is 0 Å². The maximum atomic E-state index is 12.4. The van der Waals surface area contributed by atoms with Crippen molar-refractivity contribution >= 4 is 17.2 Å². The molecule has 134 valence electrons. The van der Waals surface area contributed by atoms with Gasteiger partial charge in [0.25, 0.3) is 11.5 Å². The molecule has 0 saturated carbocycles. The van der Waals surface area contributed by atoms with E-state index >= 15 is 0 Å². The van der Waals surface area contributed by atoms with Crippen LogP contribution in [0.15, 0.2) is 52.9 Å². The predicted octanol–water partition coefficient (Wildman–Crippen LogP) is 2.69. The van der Waals surface area contributed by atoms with E-state index in [1.807, 2.05) is 42.6 Å². The van der Waals surface area contributed by atoms with Crippen LogP contribution >= 0.6 is 11.3 Å². The van der Waals surface area contributed by atoms with Crippen molar-refractivity contribution in [2.75, 3.05) is 0 Å². The second kappa shape index (κ2) is 8.39. The van der Waals surface area contributed by atoms with Gasteiger partial charge in [0.2, 0.25) is 0 Å². The number of H-pyrrole nitrogens is 1. The Hall–Kier alpha value is -3.00. The Labute approximate surface area is 154 Å². The molecular weight excluding hydrogens is 352 g/mol. The standard InChI is InChI=1S/C18H18N4O3S/c1-2-14(18-19-8-9-26-18)21-16(23)13-10-20-15(22-17(13)24)11-25-12-6-4-3-5-7-12/h3-10,14H,2,11H2,1H3,(H,21,23)(H,20,22,24)/t14-/m0/s1. The van der Waals surface area contributed by atoms with Crippen molar-refractivity contribution in [3.8, 4) is 5.75 Å². The number of thiazole rings is 1. The van der Waals surface area contributed by atoms with Gasteiger partial charge in [-0.05, 0) is 18.6 Å². The molecule has 0 unspecified atom stereocenters. The monoisotopic (exact) mass is 370 g/mol. The number of carbonyl (C=O) groups excluding carboxylic acids is 1. The first-order valence-corrected chi connectivity index (χ1v) is 9.01. The molecule has 0 saturated heterocycles. The number of rotatable bonds is 7. The van der Waals surface area contributed by atoms with E-state index in [1.54, 1.807) is 6.20 Å². The van der Waals surface area contributed by atoms with Crippen molar-refractivity contribution in [3.63, 3.8) is 0 Å². The molecule has 2 aromatic heterocycles. The third kappa shape index (κ3) is 4.34. The van der Waals surface area contributed by atoms with Crippen LogP contribution in [0.2, 0.25) is 0 Å². The minimum absolute atomic E-state index is 0.0385. The van der Waals surface area contributed by atoms with Gasteiger partial charge in [-0.2, -0.15) is 0 Å². The summed E-state index contributed by atoms with van der Waals surface area (Å²) in [6.45, 7) is 2.05. The number of carbonyl (C=O) groups is 1. The van der Waals surface area contributed by atoms with E-state index in [-0.39, 0.29) is 18.2 Å². The smallest absolute Gasteiger partial charge is 0.263 e. The maximum Gasteiger partial charge on any atom is 0.263 e. The van der Waals surface area contributed by atoms with Crippen LogP contribution in [0.5, 0.6) is 5.75 Å². The Kier molecular flexibility index (Phi) is 5.75. The van der Waals surface area contributed by atoms with E-state index in [1.165, 1.54) is 17.5 Å². The normalized spacial score (nSPS) is 11.7. The van der Waals surface area contributed by atoms with Crippen LogP contribution in [0.3, 0.4) is 0 Å². The molecule has 3 rings (SSSR count). The molecule has 1 aromatic carbocycles. The predicted molar refractivity (Wildman–Crippen MR) is 98.2 cm³/mol. The number of ether oxygens (including phenoxy) is 1. The van der Waals surface area contributed by atoms with E-state index in [4.69, 9.17) is 4.74 Å². The van der Waals surface area contributed by atoms with Crippen LogP contribution in [0.1, 0.15) is 40.6 Å². The van der Waals surface area contributed by atoms with Gasteiger partial charge in [0.1, 0.15) is 28.8 Å². The van der Waals surface area contributed by atoms with Crippen molar-refractivity contribution in [3.05, 3.63) is 74.9 Å². The van der Waals surface area contributed by atoms with Crippen molar-refractivity contribution in [2.24, 2.45) is 0 Å². The summed E-state index contributed by atoms with van der Waals surface area (Å²) in [5.74, 6) is 0.546. The van der Waals surface area contributed by atoms with Crippen LogP contribution < -0.4 is 15.6 Å². The Balaban J connectivity index is 1.67. The summed E-state index contributed by atoms with van der Waals surface area (Å²) in [5, 5.41) is 5.47. The topological polar surface area (TPSA) is 97.0 Å². The molecule has 2 heterocycles. The fraction of sp³-hybridized carbons (Fsp3) is 0.222. The molecule has 0 bridgehead atoms. The molecule has 0 aliphatic carbocycles. The van der Waals surface area contributed by atoms with E-state index in [2.05, 4.69) is 20.3 Å². The third-order valence-electron chi connectivity index (χ3n) is 3.68. The van der Waals surface area contributed by atoms with Gasteiger partial charge in [0, 0.05) is 17.8 Å². The number of para-hydroxylation sites is 1. The lowest BCUT2D eigenvalue weighted by Gasteiger charge is -2.14. The number of hydrogen-bond donors (Lipinski definition) is 2. The van der Waals surface area contributed by atoms with Crippen LogP contribution in [0.4, 0.5) is 0 Å². The molecule has 0 aliphatic rings.